The Morgan fingerprint density at radius 1 is 1.17 bits per heavy atom. The summed E-state index contributed by atoms with van der Waals surface area (Å²) in [4.78, 5) is 18.7. The fourth-order valence-corrected chi connectivity index (χ4v) is 3.64. The van der Waals surface area contributed by atoms with Crippen molar-refractivity contribution in [3.8, 4) is 0 Å². The van der Waals surface area contributed by atoms with E-state index in [0.717, 1.165) is 51.3 Å². The summed E-state index contributed by atoms with van der Waals surface area (Å²) in [7, 11) is 1.80. The van der Waals surface area contributed by atoms with Crippen LogP contribution in [-0.2, 0) is 9.53 Å². The average Bonchev–Trinajstić information content (AvgIpc) is 2.61. The smallest absolute Gasteiger partial charge is 0.221 e. The molecule has 24 heavy (non-hydrogen) atoms. The number of likely N-dealkylation sites (tertiary alicyclic amines) is 1. The maximum Gasteiger partial charge on any atom is 0.221 e. The monoisotopic (exact) mass is 338 g/mol. The van der Waals surface area contributed by atoms with E-state index in [9.17, 15) is 4.79 Å². The summed E-state index contributed by atoms with van der Waals surface area (Å²) in [6, 6.07) is 0.392. The fraction of sp³-hybridized carbons (Fsp3) is 0.889. The van der Waals surface area contributed by atoms with E-state index in [4.69, 9.17) is 4.74 Å². The van der Waals surface area contributed by atoms with Gasteiger partial charge >= 0.3 is 0 Å². The Morgan fingerprint density at radius 2 is 1.88 bits per heavy atom. The molecule has 1 amide bonds. The maximum atomic E-state index is 12.1. The minimum absolute atomic E-state index is 0.153. The van der Waals surface area contributed by atoms with Crippen LogP contribution in [0.25, 0.3) is 0 Å². The summed E-state index contributed by atoms with van der Waals surface area (Å²) in [5.41, 5.74) is 0. The third-order valence-electron chi connectivity index (χ3n) is 4.96. The zero-order valence-corrected chi connectivity index (χ0v) is 15.4. The number of carbonyl (C=O) groups is 1. The van der Waals surface area contributed by atoms with Gasteiger partial charge in [-0.15, -0.1) is 0 Å². The summed E-state index contributed by atoms with van der Waals surface area (Å²) in [5, 5.41) is 6.49. The van der Waals surface area contributed by atoms with Crippen molar-refractivity contribution in [1.29, 1.82) is 0 Å². The van der Waals surface area contributed by atoms with Crippen LogP contribution in [0, 0.1) is 0 Å². The van der Waals surface area contributed by atoms with Gasteiger partial charge in [-0.05, 0) is 32.6 Å². The highest BCUT2D eigenvalue weighted by Crippen LogP contribution is 2.17. The molecule has 0 radical (unpaired) electrons. The number of hydrogen-bond donors (Lipinski definition) is 2. The van der Waals surface area contributed by atoms with Gasteiger partial charge in [-0.2, -0.15) is 0 Å². The standard InChI is InChI=1S/C18H34N4O2/c1-3-24-16-10-13-22(14-11-16)18(19-2)20-12-9-17(23)21-15-7-5-4-6-8-15/h15-16H,3-14H2,1-2H3,(H,19,20)(H,21,23). The van der Waals surface area contributed by atoms with Crippen LogP contribution in [-0.4, -0.2) is 62.2 Å². The molecule has 1 saturated carbocycles. The van der Waals surface area contributed by atoms with Crippen LogP contribution in [0.4, 0.5) is 0 Å². The van der Waals surface area contributed by atoms with Crippen molar-refractivity contribution in [2.24, 2.45) is 4.99 Å². The number of hydrogen-bond acceptors (Lipinski definition) is 3. The van der Waals surface area contributed by atoms with Crippen LogP contribution in [0.5, 0.6) is 0 Å². The highest BCUT2D eigenvalue weighted by atomic mass is 16.5. The van der Waals surface area contributed by atoms with Gasteiger partial charge in [0.1, 0.15) is 0 Å². The van der Waals surface area contributed by atoms with Gasteiger partial charge in [-0.3, -0.25) is 9.79 Å². The largest absolute Gasteiger partial charge is 0.378 e. The lowest BCUT2D eigenvalue weighted by Crippen LogP contribution is -2.47. The van der Waals surface area contributed by atoms with Gasteiger partial charge in [0.25, 0.3) is 0 Å². The zero-order chi connectivity index (χ0) is 17.2. The average molecular weight is 338 g/mol. The topological polar surface area (TPSA) is 66.0 Å². The third-order valence-corrected chi connectivity index (χ3v) is 4.96. The number of piperidine rings is 1. The Balaban J connectivity index is 1.63. The van der Waals surface area contributed by atoms with Gasteiger partial charge in [0.2, 0.25) is 5.91 Å². The molecule has 2 rings (SSSR count). The molecule has 2 N–H and O–H groups in total. The second-order valence-electron chi connectivity index (χ2n) is 6.77. The van der Waals surface area contributed by atoms with Gasteiger partial charge in [0.15, 0.2) is 5.96 Å². The molecule has 0 unspecified atom stereocenters. The molecule has 1 aliphatic carbocycles. The van der Waals surface area contributed by atoms with Crippen molar-refractivity contribution in [3.63, 3.8) is 0 Å². The molecule has 0 spiro atoms. The number of ether oxygens (including phenoxy) is 1. The molecule has 2 fully saturated rings. The van der Waals surface area contributed by atoms with Gasteiger partial charge in [0.05, 0.1) is 6.10 Å². The highest BCUT2D eigenvalue weighted by molar-refractivity contribution is 5.81. The molecular formula is C18H34N4O2. The minimum atomic E-state index is 0.153. The van der Waals surface area contributed by atoms with Gasteiger partial charge in [-0.1, -0.05) is 19.3 Å². The number of nitrogens with one attached hydrogen (secondary N) is 2. The van der Waals surface area contributed by atoms with E-state index in [1.54, 1.807) is 7.05 Å². The highest BCUT2D eigenvalue weighted by Gasteiger charge is 2.21. The Kier molecular flexibility index (Phi) is 8.36. The van der Waals surface area contributed by atoms with Crippen LogP contribution in [0.3, 0.4) is 0 Å². The molecule has 1 saturated heterocycles. The summed E-state index contributed by atoms with van der Waals surface area (Å²) >= 11 is 0. The van der Waals surface area contributed by atoms with E-state index in [1.807, 2.05) is 6.92 Å². The number of guanidine groups is 1. The molecule has 0 aromatic rings. The number of nitrogens with zero attached hydrogens (tertiary/aromatic N) is 2. The second-order valence-corrected chi connectivity index (χ2v) is 6.77. The quantitative estimate of drug-likeness (QED) is 0.573. The van der Waals surface area contributed by atoms with E-state index < -0.39 is 0 Å². The Bertz CT molecular complexity index is 400. The number of carbonyl (C=O) groups excluding carboxylic acids is 1. The first-order valence-corrected chi connectivity index (χ1v) is 9.59. The Hall–Kier alpha value is -1.30. The molecular weight excluding hydrogens is 304 g/mol. The van der Waals surface area contributed by atoms with Crippen LogP contribution in [0.1, 0.15) is 58.3 Å². The molecule has 1 aliphatic heterocycles. The van der Waals surface area contributed by atoms with Crippen LogP contribution < -0.4 is 10.6 Å². The summed E-state index contributed by atoms with van der Waals surface area (Å²) in [6.07, 6.45) is 9.03. The molecule has 138 valence electrons. The van der Waals surface area contributed by atoms with Crippen LogP contribution in [0.2, 0.25) is 0 Å². The molecule has 0 bridgehead atoms. The van der Waals surface area contributed by atoms with Gasteiger partial charge < -0.3 is 20.3 Å². The van der Waals surface area contributed by atoms with E-state index >= 15 is 0 Å². The fourth-order valence-electron chi connectivity index (χ4n) is 3.64. The van der Waals surface area contributed by atoms with Gasteiger partial charge in [0, 0.05) is 45.8 Å². The van der Waals surface area contributed by atoms with Crippen molar-refractivity contribution >= 4 is 11.9 Å². The molecule has 6 heteroatoms. The van der Waals surface area contributed by atoms with E-state index in [-0.39, 0.29) is 5.91 Å². The summed E-state index contributed by atoms with van der Waals surface area (Å²) in [5.74, 6) is 1.05. The lowest BCUT2D eigenvalue weighted by atomic mass is 9.95. The normalized spacial score (nSPS) is 20.9. The lowest BCUT2D eigenvalue weighted by Gasteiger charge is -2.34. The molecule has 6 nitrogen and oxygen atoms in total. The summed E-state index contributed by atoms with van der Waals surface area (Å²) in [6.45, 7) is 5.38. The second kappa shape index (κ2) is 10.5. The maximum absolute atomic E-state index is 12.1. The first-order chi connectivity index (χ1) is 11.7. The Labute approximate surface area is 146 Å². The van der Waals surface area contributed by atoms with E-state index in [2.05, 4.69) is 20.5 Å². The number of aliphatic imine (C=N–C) groups is 1. The first-order valence-electron chi connectivity index (χ1n) is 9.59. The SMILES string of the molecule is CCOC1CCN(C(=NC)NCCC(=O)NC2CCCCC2)CC1. The van der Waals surface area contributed by atoms with Crippen LogP contribution >= 0.6 is 0 Å². The van der Waals surface area contributed by atoms with Crippen molar-refractivity contribution in [3.05, 3.63) is 0 Å². The van der Waals surface area contributed by atoms with E-state index in [1.165, 1.54) is 19.3 Å². The number of rotatable bonds is 6. The predicted octanol–water partition coefficient (Wildman–Crippen LogP) is 1.90. The van der Waals surface area contributed by atoms with Gasteiger partial charge in [-0.25, -0.2) is 0 Å². The molecule has 0 aromatic heterocycles. The third kappa shape index (κ3) is 6.30. The van der Waals surface area contributed by atoms with E-state index in [0.29, 0.717) is 25.1 Å². The van der Waals surface area contributed by atoms with Crippen molar-refractivity contribution in [2.45, 2.75) is 70.4 Å². The minimum Gasteiger partial charge on any atom is -0.378 e. The lowest BCUT2D eigenvalue weighted by molar-refractivity contribution is -0.121. The first kappa shape index (κ1) is 19.0. The van der Waals surface area contributed by atoms with Crippen LogP contribution in [0.15, 0.2) is 4.99 Å². The molecule has 1 heterocycles. The predicted molar refractivity (Wildman–Crippen MR) is 97.2 cm³/mol. The molecule has 0 atom stereocenters. The molecule has 2 aliphatic rings. The van der Waals surface area contributed by atoms with Crippen molar-refractivity contribution in [2.75, 3.05) is 33.3 Å². The van der Waals surface area contributed by atoms with Crippen molar-refractivity contribution in [1.82, 2.24) is 15.5 Å². The molecule has 0 aromatic carbocycles. The number of amides is 1. The zero-order valence-electron chi connectivity index (χ0n) is 15.4. The Morgan fingerprint density at radius 3 is 2.50 bits per heavy atom. The summed E-state index contributed by atoms with van der Waals surface area (Å²) < 4.78 is 5.69. The van der Waals surface area contributed by atoms with Crippen molar-refractivity contribution < 1.29 is 9.53 Å².